The van der Waals surface area contributed by atoms with E-state index in [4.69, 9.17) is 27.5 Å². The van der Waals surface area contributed by atoms with Gasteiger partial charge in [-0.1, -0.05) is 62.3 Å². The molecule has 0 unspecified atom stereocenters. The average molecular weight is 579 g/mol. The van der Waals surface area contributed by atoms with Crippen molar-refractivity contribution >= 4 is 30.9 Å². The first kappa shape index (κ1) is 34.9. The topological polar surface area (TPSA) is 72.5 Å². The van der Waals surface area contributed by atoms with Gasteiger partial charge in [-0.3, -0.25) is 4.79 Å². The number of hydrogen-bond donors (Lipinski definition) is 0. The fourth-order valence-electron chi connectivity index (χ4n) is 3.34. The minimum Gasteiger partial charge on any atom is -0.454 e. The van der Waals surface area contributed by atoms with Gasteiger partial charge in [0.05, 0.1) is 6.61 Å². The molecule has 0 aromatic carbocycles. The Balaban J connectivity index is 3.66. The van der Waals surface area contributed by atoms with Crippen LogP contribution in [0.2, 0.25) is 54.4 Å². The first-order chi connectivity index (χ1) is 16.3. The maximum atomic E-state index is 12.3. The molecule has 1 rings (SSSR count). The Labute approximate surface area is 231 Å². The molecule has 0 radical (unpaired) electrons. The van der Waals surface area contributed by atoms with Crippen molar-refractivity contribution < 1.29 is 32.3 Å². The van der Waals surface area contributed by atoms with E-state index in [1.807, 2.05) is 0 Å². The van der Waals surface area contributed by atoms with Crippen molar-refractivity contribution in [2.24, 2.45) is 0 Å². The zero-order valence-corrected chi connectivity index (χ0v) is 30.0. The van der Waals surface area contributed by atoms with Crippen molar-refractivity contribution in [3.63, 3.8) is 0 Å². The fraction of sp³-hybridized carbons (Fsp3) is 0.963. The second kappa shape index (κ2) is 11.8. The van der Waals surface area contributed by atoms with Gasteiger partial charge in [-0.2, -0.15) is 0 Å². The molecule has 0 saturated carbocycles. The summed E-state index contributed by atoms with van der Waals surface area (Å²) >= 11 is 0. The highest BCUT2D eigenvalue weighted by atomic mass is 28.4. The van der Waals surface area contributed by atoms with Crippen LogP contribution in [-0.2, 0) is 32.3 Å². The molecule has 0 aromatic heterocycles. The maximum Gasteiger partial charge on any atom is 0.303 e. The van der Waals surface area contributed by atoms with Gasteiger partial charge < -0.3 is 27.5 Å². The Morgan fingerprint density at radius 2 is 1.11 bits per heavy atom. The van der Waals surface area contributed by atoms with Crippen molar-refractivity contribution in [3.05, 3.63) is 0 Å². The van der Waals surface area contributed by atoms with Crippen LogP contribution in [0.4, 0.5) is 0 Å². The van der Waals surface area contributed by atoms with Gasteiger partial charge in [0.2, 0.25) is 0 Å². The average Bonchev–Trinajstić information content (AvgIpc) is 2.66. The highest BCUT2D eigenvalue weighted by molar-refractivity contribution is 6.75. The summed E-state index contributed by atoms with van der Waals surface area (Å²) in [7, 11) is -5.09. The molecule has 1 heterocycles. The van der Waals surface area contributed by atoms with E-state index in [1.165, 1.54) is 6.92 Å². The molecule has 220 valence electrons. The number of carbonyl (C=O) groups excluding carboxylic acids is 1. The Hall–Kier alpha value is -0.0794. The first-order valence-corrected chi connectivity index (χ1v) is 22.3. The van der Waals surface area contributed by atoms with Crippen LogP contribution < -0.4 is 0 Å². The number of ether oxygens (including phenoxy) is 3. The summed E-state index contributed by atoms with van der Waals surface area (Å²) in [6.07, 6.45) is -3.00. The van der Waals surface area contributed by atoms with Crippen molar-refractivity contribution in [2.45, 2.75) is 154 Å². The number of methoxy groups -OCH3 is 1. The second-order valence-corrected chi connectivity index (χ2v) is 29.4. The normalized spacial score (nSPS) is 26.8. The van der Waals surface area contributed by atoms with E-state index in [0.29, 0.717) is 6.61 Å². The lowest BCUT2D eigenvalue weighted by Gasteiger charge is -2.52. The van der Waals surface area contributed by atoms with E-state index in [1.54, 1.807) is 7.11 Å². The van der Waals surface area contributed by atoms with Crippen LogP contribution in [0, 0.1) is 0 Å². The Bertz CT molecular complexity index is 763. The number of carbonyl (C=O) groups is 1. The lowest BCUT2D eigenvalue weighted by Crippen LogP contribution is -2.67. The quantitative estimate of drug-likeness (QED) is 0.214. The molecule has 10 heteroatoms. The summed E-state index contributed by atoms with van der Waals surface area (Å²) in [5, 5.41) is -0.0346. The molecule has 37 heavy (non-hydrogen) atoms. The van der Waals surface area contributed by atoms with Crippen LogP contribution in [0.3, 0.4) is 0 Å². The highest BCUT2D eigenvalue weighted by Gasteiger charge is 2.55. The summed E-state index contributed by atoms with van der Waals surface area (Å²) < 4.78 is 38.9. The third-order valence-electron chi connectivity index (χ3n) is 9.01. The molecule has 1 fully saturated rings. The summed E-state index contributed by atoms with van der Waals surface area (Å²) in [6, 6.07) is 0. The minimum atomic E-state index is -2.31. The molecule has 7 nitrogen and oxygen atoms in total. The monoisotopic (exact) mass is 578 g/mol. The third-order valence-corrected chi connectivity index (χ3v) is 22.5. The van der Waals surface area contributed by atoms with E-state index in [2.05, 4.69) is 102 Å². The molecule has 0 bridgehead atoms. The first-order valence-electron chi connectivity index (χ1n) is 13.6. The van der Waals surface area contributed by atoms with Gasteiger partial charge in [-0.15, -0.1) is 0 Å². The predicted octanol–water partition coefficient (Wildman–Crippen LogP) is 7.09. The summed E-state index contributed by atoms with van der Waals surface area (Å²) in [4.78, 5) is 12.3. The van der Waals surface area contributed by atoms with E-state index >= 15 is 0 Å². The van der Waals surface area contributed by atoms with Gasteiger partial charge >= 0.3 is 5.97 Å². The van der Waals surface area contributed by atoms with Gasteiger partial charge in [0.25, 0.3) is 0 Å². The predicted molar refractivity (Wildman–Crippen MR) is 159 cm³/mol. The van der Waals surface area contributed by atoms with Crippen molar-refractivity contribution in [1.29, 1.82) is 0 Å². The van der Waals surface area contributed by atoms with Crippen molar-refractivity contribution in [2.75, 3.05) is 13.7 Å². The van der Waals surface area contributed by atoms with Crippen LogP contribution >= 0.6 is 0 Å². The van der Waals surface area contributed by atoms with E-state index < -0.39 is 61.6 Å². The van der Waals surface area contributed by atoms with Gasteiger partial charge in [-0.25, -0.2) is 0 Å². The smallest absolute Gasteiger partial charge is 0.303 e. The molecule has 1 aliphatic heterocycles. The molecule has 0 spiro atoms. The molecular weight excluding hydrogens is 521 g/mol. The molecule has 0 N–H and O–H groups in total. The number of esters is 1. The summed E-state index contributed by atoms with van der Waals surface area (Å²) in [5.74, 6) is -0.401. The van der Waals surface area contributed by atoms with E-state index in [9.17, 15) is 4.79 Å². The van der Waals surface area contributed by atoms with E-state index in [-0.39, 0.29) is 15.1 Å². The molecule has 0 aliphatic carbocycles. The van der Waals surface area contributed by atoms with Crippen LogP contribution in [0.5, 0.6) is 0 Å². The number of rotatable bonds is 9. The zero-order chi connectivity index (χ0) is 29.4. The van der Waals surface area contributed by atoms with Crippen molar-refractivity contribution in [3.8, 4) is 0 Å². The van der Waals surface area contributed by atoms with Gasteiger partial charge in [0.1, 0.15) is 18.3 Å². The fourth-order valence-corrected chi connectivity index (χ4v) is 6.97. The Morgan fingerprint density at radius 3 is 1.46 bits per heavy atom. The molecule has 0 amide bonds. The van der Waals surface area contributed by atoms with Gasteiger partial charge in [0, 0.05) is 14.0 Å². The summed E-state index contributed by atoms with van der Waals surface area (Å²) in [5.41, 5.74) is 0. The lowest BCUT2D eigenvalue weighted by molar-refractivity contribution is -0.291. The highest BCUT2D eigenvalue weighted by Crippen LogP contribution is 2.44. The minimum absolute atomic E-state index is 0.0333. The largest absolute Gasteiger partial charge is 0.454 e. The number of hydrogen-bond acceptors (Lipinski definition) is 7. The SMILES string of the molecule is CO[C@@H]1O[C@H](CO[Si](C)(C)C(C)(C)C)[C@H](O[Si](C)(C)C(C)(C)C)[C@H](O[Si](C)(C)C(C)(C)C)[C@H]1OC(C)=O. The Kier molecular flexibility index (Phi) is 11.1. The zero-order valence-electron chi connectivity index (χ0n) is 27.0. The van der Waals surface area contributed by atoms with Crippen molar-refractivity contribution in [1.82, 2.24) is 0 Å². The second-order valence-electron chi connectivity index (χ2n) is 15.1. The van der Waals surface area contributed by atoms with Gasteiger partial charge in [0.15, 0.2) is 37.3 Å². The molecule has 1 saturated heterocycles. The molecular formula is C27H58O7Si3. The Morgan fingerprint density at radius 1 is 0.703 bits per heavy atom. The molecule has 0 aromatic rings. The molecule has 1 aliphatic rings. The molecule has 5 atom stereocenters. The maximum absolute atomic E-state index is 12.3. The van der Waals surface area contributed by atoms with Crippen LogP contribution in [-0.4, -0.2) is 75.3 Å². The lowest BCUT2D eigenvalue weighted by atomic mass is 9.99. The standard InChI is InChI=1S/C27H58O7Si3/c1-19(28)31-23-22(34-37(16,17)27(8,9)10)21(33-36(14,15)26(5,6)7)20(32-24(23)29-11)18-30-35(12,13)25(2,3)4/h20-24H,18H2,1-17H3/t20-,21+,22+,23-,24-/m1/s1. The van der Waals surface area contributed by atoms with Gasteiger partial charge in [-0.05, 0) is 54.4 Å². The van der Waals surface area contributed by atoms with Crippen LogP contribution in [0.15, 0.2) is 0 Å². The van der Waals surface area contributed by atoms with Crippen LogP contribution in [0.1, 0.15) is 69.2 Å². The van der Waals surface area contributed by atoms with Crippen LogP contribution in [0.25, 0.3) is 0 Å². The third kappa shape index (κ3) is 8.70. The summed E-state index contributed by atoms with van der Waals surface area (Å²) in [6.45, 7) is 35.0. The van der Waals surface area contributed by atoms with E-state index in [0.717, 1.165) is 0 Å².